The van der Waals surface area contributed by atoms with Gasteiger partial charge in [0.15, 0.2) is 0 Å². The Morgan fingerprint density at radius 3 is 2.29 bits per heavy atom. The third kappa shape index (κ3) is 4.45. The largest absolute Gasteiger partial charge is 0.332 e. The normalized spacial score (nSPS) is 19.7. The Hall–Kier alpha value is -3.22. The highest BCUT2D eigenvalue weighted by Crippen LogP contribution is 2.33. The van der Waals surface area contributed by atoms with Crippen LogP contribution in [0, 0.1) is 12.7 Å². The number of aryl methyl sites for hydroxylation is 1. The van der Waals surface area contributed by atoms with Crippen LogP contribution in [0.2, 0.25) is 0 Å². The molecule has 0 bridgehead atoms. The second-order valence-electron chi connectivity index (χ2n) is 8.27. The summed E-state index contributed by atoms with van der Waals surface area (Å²) in [5.41, 5.74) is 1.99. The van der Waals surface area contributed by atoms with Crippen molar-refractivity contribution in [3.8, 4) is 0 Å². The average molecular weight is 423 g/mol. The van der Waals surface area contributed by atoms with E-state index in [9.17, 15) is 18.8 Å². The van der Waals surface area contributed by atoms with Gasteiger partial charge in [0.25, 0.3) is 5.91 Å². The molecule has 1 heterocycles. The van der Waals surface area contributed by atoms with E-state index in [-0.39, 0.29) is 30.3 Å². The first-order chi connectivity index (χ1) is 14.9. The molecule has 1 N–H and O–H groups in total. The number of carbonyl (C=O) groups is 3. The predicted octanol–water partition coefficient (Wildman–Crippen LogP) is 4.63. The molecule has 6 nitrogen and oxygen atoms in total. The van der Waals surface area contributed by atoms with Crippen molar-refractivity contribution >= 4 is 29.2 Å². The van der Waals surface area contributed by atoms with E-state index in [0.717, 1.165) is 37.7 Å². The number of nitrogens with zero attached hydrogens (tertiary/aromatic N) is 2. The number of anilines is 2. The van der Waals surface area contributed by atoms with Gasteiger partial charge in [0, 0.05) is 11.7 Å². The molecule has 2 aliphatic rings. The maximum Gasteiger partial charge on any atom is 0.332 e. The molecule has 4 rings (SSSR count). The lowest BCUT2D eigenvalue weighted by molar-refractivity contribution is -0.125. The molecule has 2 aromatic carbocycles. The smallest absolute Gasteiger partial charge is 0.326 e. The van der Waals surface area contributed by atoms with E-state index in [1.54, 1.807) is 17.0 Å². The van der Waals surface area contributed by atoms with Crippen molar-refractivity contribution < 1.29 is 18.8 Å². The average Bonchev–Trinajstić information content (AvgIpc) is 3.00. The fourth-order valence-corrected chi connectivity index (χ4v) is 4.42. The molecule has 0 unspecified atom stereocenters. The summed E-state index contributed by atoms with van der Waals surface area (Å²) < 4.78 is 13.1. The van der Waals surface area contributed by atoms with Crippen molar-refractivity contribution in [1.82, 2.24) is 4.90 Å². The van der Waals surface area contributed by atoms with E-state index in [1.807, 2.05) is 19.1 Å². The van der Waals surface area contributed by atoms with Gasteiger partial charge in [-0.3, -0.25) is 9.59 Å². The SMILES string of the molecule is Cc1ccc(N2C(=O)[C@H](CC(=O)Nc3ccc(F)cc3)N(C3CCCCC3)C2=O)cc1. The first kappa shape index (κ1) is 21.0. The van der Waals surface area contributed by atoms with Crippen molar-refractivity contribution in [2.24, 2.45) is 0 Å². The van der Waals surface area contributed by atoms with Crippen LogP contribution in [0.25, 0.3) is 0 Å². The van der Waals surface area contributed by atoms with Crippen molar-refractivity contribution in [1.29, 1.82) is 0 Å². The number of imide groups is 1. The molecule has 0 spiro atoms. The summed E-state index contributed by atoms with van der Waals surface area (Å²) in [5.74, 6) is -1.16. The second kappa shape index (κ2) is 8.88. The lowest BCUT2D eigenvalue weighted by Crippen LogP contribution is -2.45. The number of hydrogen-bond donors (Lipinski definition) is 1. The summed E-state index contributed by atoms with van der Waals surface area (Å²) in [6.07, 6.45) is 4.64. The fraction of sp³-hybridized carbons (Fsp3) is 0.375. The summed E-state index contributed by atoms with van der Waals surface area (Å²) in [4.78, 5) is 42.2. The molecular weight excluding hydrogens is 397 g/mol. The summed E-state index contributed by atoms with van der Waals surface area (Å²) in [6, 6.07) is 11.4. The third-order valence-corrected chi connectivity index (χ3v) is 6.02. The number of hydrogen-bond acceptors (Lipinski definition) is 3. The van der Waals surface area contributed by atoms with E-state index < -0.39 is 11.9 Å². The van der Waals surface area contributed by atoms with Gasteiger partial charge in [-0.1, -0.05) is 37.0 Å². The number of amides is 4. The zero-order valence-corrected chi connectivity index (χ0v) is 17.5. The maximum atomic E-state index is 13.3. The van der Waals surface area contributed by atoms with Crippen LogP contribution in [0.4, 0.5) is 20.6 Å². The number of rotatable bonds is 5. The summed E-state index contributed by atoms with van der Waals surface area (Å²) >= 11 is 0. The molecule has 1 saturated heterocycles. The van der Waals surface area contributed by atoms with Gasteiger partial charge in [0.2, 0.25) is 5.91 Å². The Balaban J connectivity index is 1.58. The van der Waals surface area contributed by atoms with Gasteiger partial charge in [-0.15, -0.1) is 0 Å². The lowest BCUT2D eigenvalue weighted by atomic mass is 9.93. The minimum atomic E-state index is -0.850. The number of nitrogens with one attached hydrogen (secondary N) is 1. The van der Waals surface area contributed by atoms with Gasteiger partial charge in [0.05, 0.1) is 12.1 Å². The molecule has 1 saturated carbocycles. The van der Waals surface area contributed by atoms with Gasteiger partial charge >= 0.3 is 6.03 Å². The number of carbonyl (C=O) groups excluding carboxylic acids is 3. The monoisotopic (exact) mass is 423 g/mol. The number of halogens is 1. The Bertz CT molecular complexity index is 969. The van der Waals surface area contributed by atoms with Gasteiger partial charge in [-0.05, 0) is 56.2 Å². The van der Waals surface area contributed by atoms with Gasteiger partial charge in [-0.25, -0.2) is 14.1 Å². The highest BCUT2D eigenvalue weighted by atomic mass is 19.1. The first-order valence-electron chi connectivity index (χ1n) is 10.7. The van der Waals surface area contributed by atoms with Crippen LogP contribution in [-0.2, 0) is 9.59 Å². The highest BCUT2D eigenvalue weighted by Gasteiger charge is 2.49. The number of urea groups is 1. The minimum Gasteiger partial charge on any atom is -0.326 e. The molecule has 1 atom stereocenters. The molecule has 2 fully saturated rings. The summed E-state index contributed by atoms with van der Waals surface area (Å²) in [5, 5.41) is 2.70. The van der Waals surface area contributed by atoms with Gasteiger partial charge in [-0.2, -0.15) is 0 Å². The zero-order valence-electron chi connectivity index (χ0n) is 17.5. The third-order valence-electron chi connectivity index (χ3n) is 6.02. The molecule has 1 aliphatic heterocycles. The van der Waals surface area contributed by atoms with Crippen LogP contribution in [0.15, 0.2) is 48.5 Å². The Labute approximate surface area is 181 Å². The van der Waals surface area contributed by atoms with Crippen LogP contribution < -0.4 is 10.2 Å². The molecule has 0 radical (unpaired) electrons. The van der Waals surface area contributed by atoms with Crippen LogP contribution in [0.5, 0.6) is 0 Å². The Morgan fingerprint density at radius 1 is 1.00 bits per heavy atom. The molecule has 4 amide bonds. The Morgan fingerprint density at radius 2 is 1.65 bits per heavy atom. The topological polar surface area (TPSA) is 69.7 Å². The van der Waals surface area contributed by atoms with Crippen molar-refractivity contribution in [3.05, 3.63) is 59.9 Å². The fourth-order valence-electron chi connectivity index (χ4n) is 4.42. The molecular formula is C24H26FN3O3. The first-order valence-corrected chi connectivity index (χ1v) is 10.7. The summed E-state index contributed by atoms with van der Waals surface area (Å²) in [7, 11) is 0. The minimum absolute atomic E-state index is 0.0516. The molecule has 2 aromatic rings. The van der Waals surface area contributed by atoms with Crippen LogP contribution in [0.3, 0.4) is 0 Å². The van der Waals surface area contributed by atoms with Crippen LogP contribution in [0.1, 0.15) is 44.1 Å². The quantitative estimate of drug-likeness (QED) is 0.713. The number of benzene rings is 2. The Kier molecular flexibility index (Phi) is 6.02. The standard InChI is InChI=1S/C24H26FN3O3/c1-16-7-13-20(14-8-16)28-23(30)21(27(24(28)31)19-5-3-2-4-6-19)15-22(29)26-18-11-9-17(25)10-12-18/h7-14,19,21H,2-6,15H2,1H3,(H,26,29)/t21-/m0/s1. The molecule has 162 valence electrons. The summed E-state index contributed by atoms with van der Waals surface area (Å²) in [6.45, 7) is 1.94. The van der Waals surface area contributed by atoms with Gasteiger partial charge in [0.1, 0.15) is 11.9 Å². The molecule has 0 aromatic heterocycles. The lowest BCUT2D eigenvalue weighted by Gasteiger charge is -2.33. The predicted molar refractivity (Wildman–Crippen MR) is 116 cm³/mol. The van der Waals surface area contributed by atoms with Crippen molar-refractivity contribution in [3.63, 3.8) is 0 Å². The van der Waals surface area contributed by atoms with Crippen molar-refractivity contribution in [2.75, 3.05) is 10.2 Å². The molecule has 7 heteroatoms. The zero-order chi connectivity index (χ0) is 22.0. The molecule has 31 heavy (non-hydrogen) atoms. The van der Waals surface area contributed by atoms with E-state index in [1.165, 1.54) is 29.2 Å². The van der Waals surface area contributed by atoms with E-state index in [2.05, 4.69) is 5.32 Å². The van der Waals surface area contributed by atoms with E-state index in [0.29, 0.717) is 11.4 Å². The van der Waals surface area contributed by atoms with Crippen molar-refractivity contribution in [2.45, 2.75) is 57.5 Å². The molecule has 1 aliphatic carbocycles. The maximum absolute atomic E-state index is 13.3. The van der Waals surface area contributed by atoms with Crippen LogP contribution in [-0.4, -0.2) is 34.8 Å². The highest BCUT2D eigenvalue weighted by molar-refractivity contribution is 6.22. The second-order valence-corrected chi connectivity index (χ2v) is 8.27. The van der Waals surface area contributed by atoms with Crippen LogP contribution >= 0.6 is 0 Å². The van der Waals surface area contributed by atoms with Gasteiger partial charge < -0.3 is 10.2 Å². The van der Waals surface area contributed by atoms with E-state index in [4.69, 9.17) is 0 Å². The van der Waals surface area contributed by atoms with E-state index >= 15 is 0 Å².